The molecule has 4 heteroatoms. The van der Waals surface area contributed by atoms with Crippen molar-refractivity contribution in [3.8, 4) is 0 Å². The average molecular weight is 258 g/mol. The van der Waals surface area contributed by atoms with E-state index in [4.69, 9.17) is 4.74 Å². The van der Waals surface area contributed by atoms with Gasteiger partial charge in [-0.3, -0.25) is 0 Å². The molecule has 100 valence electrons. The number of aryl methyl sites for hydroxylation is 1. The molecule has 1 amide bonds. The van der Waals surface area contributed by atoms with E-state index in [1.54, 1.807) is 0 Å². The van der Waals surface area contributed by atoms with Crippen LogP contribution in [0, 0.1) is 0 Å². The lowest BCUT2D eigenvalue weighted by Gasteiger charge is -2.23. The molecule has 4 nitrogen and oxygen atoms in total. The zero-order valence-electron chi connectivity index (χ0n) is 11.0. The Morgan fingerprint density at radius 3 is 3.16 bits per heavy atom. The van der Waals surface area contributed by atoms with E-state index in [-0.39, 0.29) is 12.1 Å². The van der Waals surface area contributed by atoms with Crippen molar-refractivity contribution in [3.63, 3.8) is 0 Å². The molecule has 1 aliphatic carbocycles. The van der Waals surface area contributed by atoms with Crippen LogP contribution < -0.4 is 5.32 Å². The van der Waals surface area contributed by atoms with Crippen molar-refractivity contribution >= 4 is 17.0 Å². The zero-order chi connectivity index (χ0) is 13.2. The number of carbonyl (C=O) groups excluding carboxylic acids is 1. The second kappa shape index (κ2) is 4.96. The zero-order valence-corrected chi connectivity index (χ0v) is 11.0. The molecule has 19 heavy (non-hydrogen) atoms. The van der Waals surface area contributed by atoms with Gasteiger partial charge in [0.1, 0.15) is 0 Å². The molecule has 1 aromatic carbocycles. The Hall–Kier alpha value is -1.97. The van der Waals surface area contributed by atoms with Crippen molar-refractivity contribution in [1.29, 1.82) is 0 Å². The molecule has 0 saturated carbocycles. The van der Waals surface area contributed by atoms with Crippen LogP contribution in [0.3, 0.4) is 0 Å². The normalized spacial score (nSPS) is 18.1. The van der Waals surface area contributed by atoms with Crippen LogP contribution in [0.5, 0.6) is 0 Å². The molecular weight excluding hydrogens is 240 g/mol. The van der Waals surface area contributed by atoms with Gasteiger partial charge >= 0.3 is 6.09 Å². The number of alkyl carbamates (subject to hydrolysis) is 1. The topological polar surface area (TPSA) is 54.1 Å². The van der Waals surface area contributed by atoms with Gasteiger partial charge in [0, 0.05) is 22.6 Å². The van der Waals surface area contributed by atoms with Crippen LogP contribution in [0.1, 0.15) is 24.6 Å². The summed E-state index contributed by atoms with van der Waals surface area (Å²) in [4.78, 5) is 15.0. The summed E-state index contributed by atoms with van der Waals surface area (Å²) in [7, 11) is 0. The van der Waals surface area contributed by atoms with Crippen molar-refractivity contribution in [2.75, 3.05) is 6.61 Å². The Morgan fingerprint density at radius 2 is 2.32 bits per heavy atom. The predicted molar refractivity (Wildman–Crippen MR) is 74.3 cm³/mol. The fourth-order valence-corrected chi connectivity index (χ4v) is 2.83. The lowest BCUT2D eigenvalue weighted by Crippen LogP contribution is -2.39. The Morgan fingerprint density at radius 1 is 1.47 bits per heavy atom. The number of H-pyrrole nitrogens is 1. The number of para-hydroxylation sites is 1. The second-order valence-electron chi connectivity index (χ2n) is 4.93. The first-order chi connectivity index (χ1) is 9.28. The van der Waals surface area contributed by atoms with Crippen LogP contribution in [0.2, 0.25) is 0 Å². The number of hydrogen-bond acceptors (Lipinski definition) is 2. The molecule has 1 atom stereocenters. The number of nitrogens with one attached hydrogen (secondary N) is 2. The van der Waals surface area contributed by atoms with Crippen LogP contribution in [0.15, 0.2) is 24.3 Å². The third-order valence-electron chi connectivity index (χ3n) is 3.69. The summed E-state index contributed by atoms with van der Waals surface area (Å²) in [6.45, 7) is 2.23. The summed E-state index contributed by atoms with van der Waals surface area (Å²) in [5.74, 6) is 0. The van der Waals surface area contributed by atoms with E-state index >= 15 is 0 Å². The minimum Gasteiger partial charge on any atom is -0.450 e. The van der Waals surface area contributed by atoms with E-state index in [1.165, 1.54) is 22.2 Å². The second-order valence-corrected chi connectivity index (χ2v) is 4.93. The highest BCUT2D eigenvalue weighted by atomic mass is 16.5. The van der Waals surface area contributed by atoms with Crippen molar-refractivity contribution in [1.82, 2.24) is 10.3 Å². The largest absolute Gasteiger partial charge is 0.450 e. The summed E-state index contributed by atoms with van der Waals surface area (Å²) < 4.78 is 4.94. The number of aromatic nitrogens is 1. The molecule has 0 aliphatic heterocycles. The number of fused-ring (bicyclic) bond motifs is 3. The molecule has 1 unspecified atom stereocenters. The van der Waals surface area contributed by atoms with Crippen LogP contribution in [0.25, 0.3) is 10.9 Å². The fraction of sp³-hybridized carbons (Fsp3) is 0.400. The molecule has 1 aromatic heterocycles. The van der Waals surface area contributed by atoms with Gasteiger partial charge in [-0.1, -0.05) is 18.2 Å². The van der Waals surface area contributed by atoms with E-state index in [9.17, 15) is 4.79 Å². The first-order valence-corrected chi connectivity index (χ1v) is 6.79. The Labute approximate surface area is 112 Å². The van der Waals surface area contributed by atoms with Crippen molar-refractivity contribution in [2.45, 2.75) is 32.2 Å². The molecular formula is C15H18N2O2. The number of amides is 1. The molecule has 2 N–H and O–H groups in total. The highest BCUT2D eigenvalue weighted by Gasteiger charge is 2.23. The molecule has 0 radical (unpaired) electrons. The van der Waals surface area contributed by atoms with E-state index in [0.717, 1.165) is 19.3 Å². The fourth-order valence-electron chi connectivity index (χ4n) is 2.83. The van der Waals surface area contributed by atoms with E-state index < -0.39 is 0 Å². The molecule has 1 heterocycles. The monoisotopic (exact) mass is 258 g/mol. The number of aromatic amines is 1. The van der Waals surface area contributed by atoms with Crippen LogP contribution in [-0.4, -0.2) is 23.7 Å². The Kier molecular flexibility index (Phi) is 3.15. The van der Waals surface area contributed by atoms with Crippen LogP contribution in [-0.2, 0) is 17.6 Å². The van der Waals surface area contributed by atoms with Gasteiger partial charge in [-0.05, 0) is 37.8 Å². The SMILES string of the molecule is CCOC(=O)NC1CCc2[nH]c3ccccc3c2C1. The third-order valence-corrected chi connectivity index (χ3v) is 3.69. The first kappa shape index (κ1) is 12.1. The maximum absolute atomic E-state index is 11.5. The Balaban J connectivity index is 1.81. The van der Waals surface area contributed by atoms with Crippen molar-refractivity contribution < 1.29 is 9.53 Å². The van der Waals surface area contributed by atoms with Crippen LogP contribution >= 0.6 is 0 Å². The van der Waals surface area contributed by atoms with Crippen LogP contribution in [0.4, 0.5) is 4.79 Å². The molecule has 0 spiro atoms. The number of hydrogen-bond donors (Lipinski definition) is 2. The van der Waals surface area contributed by atoms with Gasteiger partial charge < -0.3 is 15.0 Å². The van der Waals surface area contributed by atoms with E-state index in [0.29, 0.717) is 6.61 Å². The predicted octanol–water partition coefficient (Wildman–Crippen LogP) is 2.77. The van der Waals surface area contributed by atoms with Gasteiger partial charge in [0.25, 0.3) is 0 Å². The van der Waals surface area contributed by atoms with Gasteiger partial charge in [-0.2, -0.15) is 0 Å². The standard InChI is InChI=1S/C15H18N2O2/c1-2-19-15(18)16-10-7-8-14-12(9-10)11-5-3-4-6-13(11)17-14/h3-6,10,17H,2,7-9H2,1H3,(H,16,18). The minimum atomic E-state index is -0.309. The summed E-state index contributed by atoms with van der Waals surface area (Å²) in [6.07, 6.45) is 2.49. The average Bonchev–Trinajstić information content (AvgIpc) is 2.77. The maximum atomic E-state index is 11.5. The summed E-state index contributed by atoms with van der Waals surface area (Å²) in [5, 5.41) is 4.21. The molecule has 3 rings (SSSR count). The Bertz CT molecular complexity index is 603. The summed E-state index contributed by atoms with van der Waals surface area (Å²) in [6, 6.07) is 8.50. The van der Waals surface area contributed by atoms with Gasteiger partial charge in [-0.15, -0.1) is 0 Å². The lowest BCUT2D eigenvalue weighted by atomic mass is 9.91. The number of ether oxygens (including phenoxy) is 1. The maximum Gasteiger partial charge on any atom is 0.407 e. The summed E-state index contributed by atoms with van der Waals surface area (Å²) >= 11 is 0. The van der Waals surface area contributed by atoms with E-state index in [1.807, 2.05) is 13.0 Å². The van der Waals surface area contributed by atoms with Crippen molar-refractivity contribution in [2.24, 2.45) is 0 Å². The minimum absolute atomic E-state index is 0.172. The van der Waals surface area contributed by atoms with E-state index in [2.05, 4.69) is 28.5 Å². The third kappa shape index (κ3) is 2.30. The van der Waals surface area contributed by atoms with Gasteiger partial charge in [-0.25, -0.2) is 4.79 Å². The lowest BCUT2D eigenvalue weighted by molar-refractivity contribution is 0.147. The molecule has 1 aliphatic rings. The van der Waals surface area contributed by atoms with Gasteiger partial charge in [0.2, 0.25) is 0 Å². The quantitative estimate of drug-likeness (QED) is 0.870. The molecule has 0 fully saturated rings. The van der Waals surface area contributed by atoms with Gasteiger partial charge in [0.05, 0.1) is 6.61 Å². The molecule has 0 bridgehead atoms. The number of carbonyl (C=O) groups is 1. The molecule has 2 aromatic rings. The molecule has 0 saturated heterocycles. The number of benzene rings is 1. The first-order valence-electron chi connectivity index (χ1n) is 6.79. The number of rotatable bonds is 2. The highest BCUT2D eigenvalue weighted by molar-refractivity contribution is 5.85. The smallest absolute Gasteiger partial charge is 0.407 e. The highest BCUT2D eigenvalue weighted by Crippen LogP contribution is 2.28. The van der Waals surface area contributed by atoms with Gasteiger partial charge in [0.15, 0.2) is 0 Å². The van der Waals surface area contributed by atoms with Crippen molar-refractivity contribution in [3.05, 3.63) is 35.5 Å². The summed E-state index contributed by atoms with van der Waals surface area (Å²) in [5.41, 5.74) is 3.83.